The normalized spacial score (nSPS) is 21.4. The van der Waals surface area contributed by atoms with Crippen LogP contribution in [0.3, 0.4) is 0 Å². The minimum Gasteiger partial charge on any atom is -0.370 e. The Hall–Kier alpha value is -2.21. The fraction of sp³-hybridized carbons (Fsp3) is 0.412. The predicted octanol–water partition coefficient (Wildman–Crippen LogP) is 2.64. The summed E-state index contributed by atoms with van der Waals surface area (Å²) in [6.07, 6.45) is 2.11. The Kier molecular flexibility index (Phi) is 3.61. The molecule has 1 N–H and O–H groups in total. The number of hydrogen-bond acceptors (Lipinski definition) is 3. The molecule has 2 aromatic rings. The molecule has 2 aliphatic rings. The number of nitrogens with zero attached hydrogens (tertiary/aromatic N) is 2. The highest BCUT2D eigenvalue weighted by Crippen LogP contribution is 2.39. The molecule has 1 saturated carbocycles. The SMILES string of the molecule is O=C(c1cc(C2CC2)[nH]n1)N1CCO[C@H](c2ccc(F)cc2)C1. The molecule has 1 saturated heterocycles. The van der Waals surface area contributed by atoms with Crippen LogP contribution in [0.25, 0.3) is 0 Å². The van der Waals surface area contributed by atoms with E-state index < -0.39 is 0 Å². The van der Waals surface area contributed by atoms with Crippen LogP contribution in [-0.2, 0) is 4.74 Å². The summed E-state index contributed by atoms with van der Waals surface area (Å²) in [6, 6.07) is 8.09. The Labute approximate surface area is 133 Å². The molecule has 0 bridgehead atoms. The number of amides is 1. The van der Waals surface area contributed by atoms with Gasteiger partial charge in [0.05, 0.1) is 13.2 Å². The first-order chi connectivity index (χ1) is 11.2. The predicted molar refractivity (Wildman–Crippen MR) is 81.6 cm³/mol. The van der Waals surface area contributed by atoms with Gasteiger partial charge in [-0.2, -0.15) is 5.10 Å². The van der Waals surface area contributed by atoms with Gasteiger partial charge in [0.25, 0.3) is 5.91 Å². The number of aromatic nitrogens is 2. The van der Waals surface area contributed by atoms with Gasteiger partial charge in [-0.15, -0.1) is 0 Å². The number of hydrogen-bond donors (Lipinski definition) is 1. The van der Waals surface area contributed by atoms with Crippen molar-refractivity contribution in [2.75, 3.05) is 19.7 Å². The molecule has 6 heteroatoms. The third-order valence-electron chi connectivity index (χ3n) is 4.43. The van der Waals surface area contributed by atoms with E-state index in [9.17, 15) is 9.18 Å². The molecule has 1 atom stereocenters. The lowest BCUT2D eigenvalue weighted by Crippen LogP contribution is -2.42. The van der Waals surface area contributed by atoms with Gasteiger partial charge in [0.1, 0.15) is 17.6 Å². The number of morpholine rings is 1. The number of benzene rings is 1. The smallest absolute Gasteiger partial charge is 0.274 e. The second-order valence-corrected chi connectivity index (χ2v) is 6.14. The molecule has 0 spiro atoms. The Balaban J connectivity index is 1.47. The van der Waals surface area contributed by atoms with Crippen LogP contribution in [0, 0.1) is 5.82 Å². The summed E-state index contributed by atoms with van der Waals surface area (Å²) in [5.41, 5.74) is 2.40. The highest BCUT2D eigenvalue weighted by molar-refractivity contribution is 5.92. The van der Waals surface area contributed by atoms with Crippen LogP contribution in [0.15, 0.2) is 30.3 Å². The van der Waals surface area contributed by atoms with Gasteiger partial charge in [-0.05, 0) is 36.6 Å². The van der Waals surface area contributed by atoms with Crippen LogP contribution in [0.1, 0.15) is 46.6 Å². The number of carbonyl (C=O) groups excluding carboxylic acids is 1. The number of halogens is 1. The molecule has 0 unspecified atom stereocenters. The quantitative estimate of drug-likeness (QED) is 0.947. The molecule has 2 fully saturated rings. The number of ether oxygens (including phenoxy) is 1. The lowest BCUT2D eigenvalue weighted by atomic mass is 10.1. The highest BCUT2D eigenvalue weighted by Gasteiger charge is 2.30. The topological polar surface area (TPSA) is 58.2 Å². The Morgan fingerprint density at radius 1 is 1.30 bits per heavy atom. The fourth-order valence-electron chi connectivity index (χ4n) is 2.92. The molecule has 4 rings (SSSR count). The van der Waals surface area contributed by atoms with E-state index in [0.29, 0.717) is 31.3 Å². The Morgan fingerprint density at radius 2 is 2.09 bits per heavy atom. The third-order valence-corrected chi connectivity index (χ3v) is 4.43. The number of nitrogens with one attached hydrogen (secondary N) is 1. The molecule has 0 radical (unpaired) electrons. The first-order valence-corrected chi connectivity index (χ1v) is 7.92. The summed E-state index contributed by atoms with van der Waals surface area (Å²) in [5.74, 6) is 0.186. The van der Waals surface area contributed by atoms with Crippen molar-refractivity contribution in [3.63, 3.8) is 0 Å². The van der Waals surface area contributed by atoms with E-state index in [1.807, 2.05) is 6.07 Å². The summed E-state index contributed by atoms with van der Waals surface area (Å²) in [4.78, 5) is 14.4. The Bertz CT molecular complexity index is 709. The average Bonchev–Trinajstić information content (AvgIpc) is 3.32. The van der Waals surface area contributed by atoms with Gasteiger partial charge < -0.3 is 9.64 Å². The molecule has 120 valence electrons. The van der Waals surface area contributed by atoms with Crippen LogP contribution in [0.4, 0.5) is 4.39 Å². The zero-order valence-corrected chi connectivity index (χ0v) is 12.7. The number of aromatic amines is 1. The molecule has 23 heavy (non-hydrogen) atoms. The van der Waals surface area contributed by atoms with Gasteiger partial charge in [0.2, 0.25) is 0 Å². The molecular formula is C17H18FN3O2. The second-order valence-electron chi connectivity index (χ2n) is 6.14. The van der Waals surface area contributed by atoms with Gasteiger partial charge >= 0.3 is 0 Å². The second kappa shape index (κ2) is 5.77. The van der Waals surface area contributed by atoms with Crippen molar-refractivity contribution >= 4 is 5.91 Å². The first kappa shape index (κ1) is 14.4. The summed E-state index contributed by atoms with van der Waals surface area (Å²) in [6.45, 7) is 1.46. The van der Waals surface area contributed by atoms with Crippen molar-refractivity contribution in [3.8, 4) is 0 Å². The van der Waals surface area contributed by atoms with Crippen molar-refractivity contribution in [2.45, 2.75) is 24.9 Å². The lowest BCUT2D eigenvalue weighted by molar-refractivity contribution is -0.0230. The van der Waals surface area contributed by atoms with Gasteiger partial charge in [-0.1, -0.05) is 12.1 Å². The minimum atomic E-state index is -0.276. The van der Waals surface area contributed by atoms with Crippen molar-refractivity contribution < 1.29 is 13.9 Å². The van der Waals surface area contributed by atoms with Crippen molar-refractivity contribution in [1.29, 1.82) is 0 Å². The van der Waals surface area contributed by atoms with Crippen molar-refractivity contribution in [2.24, 2.45) is 0 Å². The highest BCUT2D eigenvalue weighted by atomic mass is 19.1. The van der Waals surface area contributed by atoms with E-state index in [-0.39, 0.29) is 17.8 Å². The number of rotatable bonds is 3. The monoisotopic (exact) mass is 315 g/mol. The summed E-state index contributed by atoms with van der Waals surface area (Å²) in [5, 5.41) is 7.12. The maximum atomic E-state index is 13.0. The lowest BCUT2D eigenvalue weighted by Gasteiger charge is -2.32. The van der Waals surface area contributed by atoms with E-state index in [4.69, 9.17) is 4.74 Å². The van der Waals surface area contributed by atoms with E-state index in [1.165, 1.54) is 25.0 Å². The molecular weight excluding hydrogens is 297 g/mol. The molecule has 1 aromatic carbocycles. The molecule has 1 aromatic heterocycles. The van der Waals surface area contributed by atoms with Gasteiger partial charge in [0.15, 0.2) is 0 Å². The van der Waals surface area contributed by atoms with E-state index >= 15 is 0 Å². The maximum Gasteiger partial charge on any atom is 0.274 e. The van der Waals surface area contributed by atoms with Gasteiger partial charge in [-0.3, -0.25) is 9.89 Å². The van der Waals surface area contributed by atoms with Crippen LogP contribution < -0.4 is 0 Å². The minimum absolute atomic E-state index is 0.0800. The molecule has 1 amide bonds. The van der Waals surface area contributed by atoms with E-state index in [0.717, 1.165) is 11.3 Å². The molecule has 1 aliphatic heterocycles. The fourth-order valence-corrected chi connectivity index (χ4v) is 2.92. The average molecular weight is 315 g/mol. The summed E-state index contributed by atoms with van der Waals surface area (Å²) >= 11 is 0. The van der Waals surface area contributed by atoms with Gasteiger partial charge in [-0.25, -0.2) is 4.39 Å². The van der Waals surface area contributed by atoms with Gasteiger partial charge in [0, 0.05) is 18.2 Å². The first-order valence-electron chi connectivity index (χ1n) is 7.92. The third kappa shape index (κ3) is 2.99. The maximum absolute atomic E-state index is 13.0. The number of H-pyrrole nitrogens is 1. The van der Waals surface area contributed by atoms with Crippen LogP contribution in [-0.4, -0.2) is 40.7 Å². The largest absolute Gasteiger partial charge is 0.370 e. The standard InChI is InChI=1S/C17H18FN3O2/c18-13-5-3-12(4-6-13)16-10-21(7-8-23-16)17(22)15-9-14(19-20-15)11-1-2-11/h3-6,9,11,16H,1-2,7-8,10H2,(H,19,20)/t16-/m0/s1. The van der Waals surface area contributed by atoms with Crippen molar-refractivity contribution in [1.82, 2.24) is 15.1 Å². The van der Waals surface area contributed by atoms with E-state index in [1.54, 1.807) is 17.0 Å². The number of carbonyl (C=O) groups is 1. The molecule has 1 aliphatic carbocycles. The molecule has 5 nitrogen and oxygen atoms in total. The summed E-state index contributed by atoms with van der Waals surface area (Å²) in [7, 11) is 0. The zero-order valence-electron chi connectivity index (χ0n) is 12.7. The van der Waals surface area contributed by atoms with Crippen LogP contribution >= 0.6 is 0 Å². The zero-order chi connectivity index (χ0) is 15.8. The summed E-state index contributed by atoms with van der Waals surface area (Å²) < 4.78 is 18.8. The van der Waals surface area contributed by atoms with Crippen LogP contribution in [0.2, 0.25) is 0 Å². The Morgan fingerprint density at radius 3 is 2.83 bits per heavy atom. The van der Waals surface area contributed by atoms with Crippen molar-refractivity contribution in [3.05, 3.63) is 53.1 Å². The van der Waals surface area contributed by atoms with E-state index in [2.05, 4.69) is 10.2 Å². The molecule has 2 heterocycles. The van der Waals surface area contributed by atoms with Crippen LogP contribution in [0.5, 0.6) is 0 Å².